The molecule has 9 heteroatoms. The number of nitrogens with one attached hydrogen (secondary N) is 2. The first-order chi connectivity index (χ1) is 14.3. The van der Waals surface area contributed by atoms with E-state index >= 15 is 0 Å². The lowest BCUT2D eigenvalue weighted by atomic mass is 10.2. The van der Waals surface area contributed by atoms with Crippen LogP contribution >= 0.6 is 15.9 Å². The Labute approximate surface area is 186 Å². The van der Waals surface area contributed by atoms with Gasteiger partial charge in [0, 0.05) is 24.7 Å². The molecule has 0 heterocycles. The highest BCUT2D eigenvalue weighted by Gasteiger charge is 2.18. The van der Waals surface area contributed by atoms with Crippen LogP contribution in [0.2, 0.25) is 0 Å². The van der Waals surface area contributed by atoms with Crippen molar-refractivity contribution in [3.63, 3.8) is 0 Å². The van der Waals surface area contributed by atoms with Gasteiger partial charge in [0.25, 0.3) is 5.91 Å². The third-order valence-electron chi connectivity index (χ3n) is 4.24. The Kier molecular flexibility index (Phi) is 9.77. The molecular weight excluding hydrogens is 472 g/mol. The number of ether oxygens (including phenoxy) is 2. The van der Waals surface area contributed by atoms with Crippen molar-refractivity contribution in [1.82, 2.24) is 10.0 Å². The number of methoxy groups -OCH3 is 1. The zero-order valence-electron chi connectivity index (χ0n) is 17.1. The van der Waals surface area contributed by atoms with E-state index in [0.29, 0.717) is 17.6 Å². The fourth-order valence-electron chi connectivity index (χ4n) is 2.56. The zero-order chi connectivity index (χ0) is 22.0. The van der Waals surface area contributed by atoms with E-state index in [1.54, 1.807) is 6.07 Å². The summed E-state index contributed by atoms with van der Waals surface area (Å²) in [5.74, 6) is 0.487. The minimum absolute atomic E-state index is 0.0263. The number of hydrogen-bond acceptors (Lipinski definition) is 5. The van der Waals surface area contributed by atoms with E-state index in [0.717, 1.165) is 18.6 Å². The molecule has 0 aromatic heterocycles. The molecule has 2 rings (SSSR count). The first-order valence-electron chi connectivity index (χ1n) is 9.59. The second-order valence-corrected chi connectivity index (χ2v) is 9.28. The molecule has 0 aliphatic heterocycles. The first kappa shape index (κ1) is 24.3. The number of carbonyl (C=O) groups excluding carboxylic acids is 1. The average Bonchev–Trinajstić information content (AvgIpc) is 2.72. The van der Waals surface area contributed by atoms with Gasteiger partial charge in [-0.05, 0) is 66.0 Å². The van der Waals surface area contributed by atoms with Crippen LogP contribution < -0.4 is 14.8 Å². The minimum atomic E-state index is -3.71. The predicted molar refractivity (Wildman–Crippen MR) is 119 cm³/mol. The van der Waals surface area contributed by atoms with Crippen LogP contribution in [0.15, 0.2) is 51.8 Å². The Hall–Kier alpha value is -1.94. The van der Waals surface area contributed by atoms with E-state index in [1.807, 2.05) is 31.2 Å². The molecule has 2 aromatic carbocycles. The van der Waals surface area contributed by atoms with Crippen molar-refractivity contribution in [2.24, 2.45) is 0 Å². The number of aryl methyl sites for hydroxylation is 1. The van der Waals surface area contributed by atoms with Crippen LogP contribution in [-0.4, -0.2) is 47.7 Å². The van der Waals surface area contributed by atoms with Crippen molar-refractivity contribution < 1.29 is 22.7 Å². The summed E-state index contributed by atoms with van der Waals surface area (Å²) in [4.78, 5) is 12.5. The third-order valence-corrected chi connectivity index (χ3v) is 6.39. The van der Waals surface area contributed by atoms with Gasteiger partial charge in [-0.1, -0.05) is 17.7 Å². The van der Waals surface area contributed by atoms with Gasteiger partial charge in [-0.3, -0.25) is 4.79 Å². The van der Waals surface area contributed by atoms with Crippen LogP contribution in [0.5, 0.6) is 5.75 Å². The van der Waals surface area contributed by atoms with E-state index in [-0.39, 0.29) is 29.5 Å². The van der Waals surface area contributed by atoms with Gasteiger partial charge >= 0.3 is 0 Å². The summed E-state index contributed by atoms with van der Waals surface area (Å²) in [7, 11) is -2.22. The number of hydrogen-bond donors (Lipinski definition) is 2. The van der Waals surface area contributed by atoms with Gasteiger partial charge in [-0.15, -0.1) is 0 Å². The maximum absolute atomic E-state index is 12.5. The molecule has 7 nitrogen and oxygen atoms in total. The fourth-order valence-corrected chi connectivity index (χ4v) is 4.02. The number of halogens is 1. The van der Waals surface area contributed by atoms with E-state index in [1.165, 1.54) is 24.8 Å². The second kappa shape index (κ2) is 12.0. The van der Waals surface area contributed by atoms with Crippen molar-refractivity contribution in [3.8, 4) is 5.75 Å². The van der Waals surface area contributed by atoms with E-state index in [4.69, 9.17) is 9.47 Å². The van der Waals surface area contributed by atoms with Gasteiger partial charge < -0.3 is 14.8 Å². The molecule has 164 valence electrons. The van der Waals surface area contributed by atoms with E-state index in [9.17, 15) is 13.2 Å². The molecule has 0 saturated carbocycles. The molecule has 1 amide bonds. The van der Waals surface area contributed by atoms with Gasteiger partial charge in [0.05, 0.1) is 23.7 Å². The molecule has 0 bridgehead atoms. The van der Waals surface area contributed by atoms with Crippen LogP contribution in [0, 0.1) is 6.92 Å². The fraction of sp³-hybridized carbons (Fsp3) is 0.381. The van der Waals surface area contributed by atoms with Crippen molar-refractivity contribution in [2.45, 2.75) is 24.7 Å². The van der Waals surface area contributed by atoms with Crippen LogP contribution in [0.1, 0.15) is 28.8 Å². The van der Waals surface area contributed by atoms with Gasteiger partial charge in [-0.25, -0.2) is 13.1 Å². The normalized spacial score (nSPS) is 11.3. The van der Waals surface area contributed by atoms with Gasteiger partial charge in [0.15, 0.2) is 0 Å². The third kappa shape index (κ3) is 7.71. The van der Waals surface area contributed by atoms with Gasteiger partial charge in [0.2, 0.25) is 10.0 Å². The van der Waals surface area contributed by atoms with Crippen molar-refractivity contribution in [1.29, 1.82) is 0 Å². The molecule has 0 unspecified atom stereocenters. The standard InChI is InChI=1S/C21H27BrN2O5S/c1-16-5-7-17(8-6-16)29-13-4-3-11-23-21(25)19-15-18(9-10-20(19)22)30(26,27)24-12-14-28-2/h5-10,15,24H,3-4,11-14H2,1-2H3,(H,23,25). The maximum Gasteiger partial charge on any atom is 0.252 e. The molecule has 0 saturated heterocycles. The predicted octanol–water partition coefficient (Wildman–Crippen LogP) is 3.27. The second-order valence-electron chi connectivity index (χ2n) is 6.66. The summed E-state index contributed by atoms with van der Waals surface area (Å²) < 4.78 is 38.1. The topological polar surface area (TPSA) is 93.7 Å². The van der Waals surface area contributed by atoms with E-state index < -0.39 is 10.0 Å². The highest BCUT2D eigenvalue weighted by Crippen LogP contribution is 2.21. The highest BCUT2D eigenvalue weighted by molar-refractivity contribution is 9.10. The summed E-state index contributed by atoms with van der Waals surface area (Å²) in [6.07, 6.45) is 1.53. The number of amides is 1. The molecule has 0 atom stereocenters. The van der Waals surface area contributed by atoms with Crippen LogP contribution in [0.25, 0.3) is 0 Å². The summed E-state index contributed by atoms with van der Waals surface area (Å²) in [6.45, 7) is 3.46. The average molecular weight is 499 g/mol. The Morgan fingerprint density at radius 2 is 1.77 bits per heavy atom. The lowest BCUT2D eigenvalue weighted by Gasteiger charge is -2.11. The first-order valence-corrected chi connectivity index (χ1v) is 11.9. The van der Waals surface area contributed by atoms with Crippen LogP contribution in [-0.2, 0) is 14.8 Å². The summed E-state index contributed by atoms with van der Waals surface area (Å²) >= 11 is 3.31. The molecule has 0 aliphatic rings. The number of rotatable bonds is 12. The summed E-state index contributed by atoms with van der Waals surface area (Å²) in [5, 5.41) is 2.82. The number of carbonyl (C=O) groups is 1. The van der Waals surface area contributed by atoms with Crippen molar-refractivity contribution in [2.75, 3.05) is 33.4 Å². The molecule has 2 N–H and O–H groups in total. The smallest absolute Gasteiger partial charge is 0.252 e. The zero-order valence-corrected chi connectivity index (χ0v) is 19.5. The molecule has 30 heavy (non-hydrogen) atoms. The minimum Gasteiger partial charge on any atom is -0.494 e. The summed E-state index contributed by atoms with van der Waals surface area (Å²) in [6, 6.07) is 12.2. The number of sulfonamides is 1. The van der Waals surface area contributed by atoms with Gasteiger partial charge in [0.1, 0.15) is 5.75 Å². The number of benzene rings is 2. The van der Waals surface area contributed by atoms with Crippen LogP contribution in [0.4, 0.5) is 0 Å². The van der Waals surface area contributed by atoms with E-state index in [2.05, 4.69) is 26.0 Å². The Balaban J connectivity index is 1.82. The van der Waals surface area contributed by atoms with Crippen molar-refractivity contribution >= 4 is 31.9 Å². The molecule has 0 radical (unpaired) electrons. The highest BCUT2D eigenvalue weighted by atomic mass is 79.9. The summed E-state index contributed by atoms with van der Waals surface area (Å²) in [5.41, 5.74) is 1.44. The SMILES string of the molecule is COCCNS(=O)(=O)c1ccc(Br)c(C(=O)NCCCCOc2ccc(C)cc2)c1. The lowest BCUT2D eigenvalue weighted by molar-refractivity contribution is 0.0951. The Bertz CT molecular complexity index is 933. The number of unbranched alkanes of at least 4 members (excludes halogenated alkanes) is 1. The Morgan fingerprint density at radius 3 is 2.47 bits per heavy atom. The molecule has 0 aliphatic carbocycles. The molecule has 0 spiro atoms. The monoisotopic (exact) mass is 498 g/mol. The molecule has 2 aromatic rings. The Morgan fingerprint density at radius 1 is 1.03 bits per heavy atom. The van der Waals surface area contributed by atoms with Crippen LogP contribution in [0.3, 0.4) is 0 Å². The molecule has 0 fully saturated rings. The van der Waals surface area contributed by atoms with Gasteiger partial charge in [-0.2, -0.15) is 0 Å². The quantitative estimate of drug-likeness (QED) is 0.438. The maximum atomic E-state index is 12.5. The molecular formula is C21H27BrN2O5S. The largest absolute Gasteiger partial charge is 0.494 e. The van der Waals surface area contributed by atoms with Crippen molar-refractivity contribution in [3.05, 3.63) is 58.1 Å². The lowest BCUT2D eigenvalue weighted by Crippen LogP contribution is -2.28.